The van der Waals surface area contributed by atoms with Crippen molar-refractivity contribution in [3.8, 4) is 5.75 Å². The normalized spacial score (nSPS) is 26.3. The molecule has 4 nitrogen and oxygen atoms in total. The van der Waals surface area contributed by atoms with Gasteiger partial charge in [0.2, 0.25) is 0 Å². The van der Waals surface area contributed by atoms with Crippen molar-refractivity contribution in [2.24, 2.45) is 0 Å². The van der Waals surface area contributed by atoms with Gasteiger partial charge in [0.15, 0.2) is 0 Å². The molecule has 2 aromatic rings. The van der Waals surface area contributed by atoms with Crippen molar-refractivity contribution in [3.63, 3.8) is 0 Å². The molecule has 0 spiro atoms. The maximum absolute atomic E-state index is 12.8. The summed E-state index contributed by atoms with van der Waals surface area (Å²) in [5.41, 5.74) is 1.17. The number of ether oxygens (including phenoxy) is 1. The van der Waals surface area contributed by atoms with Gasteiger partial charge in [-0.2, -0.15) is 0 Å². The monoisotopic (exact) mass is 328 g/mol. The summed E-state index contributed by atoms with van der Waals surface area (Å²) in [6.45, 7) is 2.04. The van der Waals surface area contributed by atoms with Gasteiger partial charge < -0.3 is 9.64 Å². The highest BCUT2D eigenvalue weighted by Gasteiger charge is 2.44. The smallest absolute Gasteiger partial charge is 0.264 e. The first-order chi connectivity index (χ1) is 11.2. The van der Waals surface area contributed by atoms with Gasteiger partial charge in [-0.3, -0.25) is 9.78 Å². The molecular weight excluding hydrogens is 308 g/mol. The lowest BCUT2D eigenvalue weighted by Gasteiger charge is -2.38. The molecule has 120 valence electrons. The molecule has 2 fully saturated rings. The first kappa shape index (κ1) is 14.7. The van der Waals surface area contributed by atoms with E-state index in [1.807, 2.05) is 25.1 Å². The number of hydrogen-bond donors (Lipinski definition) is 0. The SMILES string of the molecule is Cc1csc(C(=O)N2C3CCC2CC(Oc2ccncc2)C3)c1. The lowest BCUT2D eigenvalue weighted by Crippen LogP contribution is -2.49. The van der Waals surface area contributed by atoms with Crippen molar-refractivity contribution in [2.75, 3.05) is 0 Å². The zero-order valence-corrected chi connectivity index (χ0v) is 14.0. The standard InChI is InChI=1S/C18H20N2O2S/c1-12-8-17(23-11-12)18(21)20-13-2-3-14(20)10-16(9-13)22-15-4-6-19-7-5-15/h4-8,11,13-14,16H,2-3,9-10H2,1H3. The molecule has 2 saturated heterocycles. The molecule has 0 aliphatic carbocycles. The molecule has 2 unspecified atom stereocenters. The Morgan fingerprint density at radius 3 is 2.57 bits per heavy atom. The third-order valence-electron chi connectivity index (χ3n) is 4.82. The van der Waals surface area contributed by atoms with Gasteiger partial charge in [-0.25, -0.2) is 0 Å². The number of rotatable bonds is 3. The fourth-order valence-electron chi connectivity index (χ4n) is 3.83. The molecule has 0 aromatic carbocycles. The fraction of sp³-hybridized carbons (Fsp3) is 0.444. The highest BCUT2D eigenvalue weighted by molar-refractivity contribution is 7.12. The summed E-state index contributed by atoms with van der Waals surface area (Å²) in [7, 11) is 0. The Morgan fingerprint density at radius 2 is 1.96 bits per heavy atom. The summed E-state index contributed by atoms with van der Waals surface area (Å²) >= 11 is 1.56. The number of pyridine rings is 1. The summed E-state index contributed by atoms with van der Waals surface area (Å²) < 4.78 is 6.10. The number of fused-ring (bicyclic) bond motifs is 2. The molecule has 4 rings (SSSR count). The van der Waals surface area contributed by atoms with Crippen LogP contribution in [0, 0.1) is 6.92 Å². The molecule has 2 aliphatic heterocycles. The minimum atomic E-state index is 0.198. The van der Waals surface area contributed by atoms with E-state index in [0.29, 0.717) is 12.1 Å². The number of nitrogens with zero attached hydrogens (tertiary/aromatic N) is 2. The summed E-state index contributed by atoms with van der Waals surface area (Å²) in [5, 5.41) is 2.05. The maximum atomic E-state index is 12.8. The molecule has 2 aromatic heterocycles. The van der Waals surface area contributed by atoms with Crippen LogP contribution < -0.4 is 4.74 Å². The lowest BCUT2D eigenvalue weighted by molar-refractivity contribution is 0.0363. The number of aromatic nitrogens is 1. The zero-order chi connectivity index (χ0) is 15.8. The van der Waals surface area contributed by atoms with E-state index in [2.05, 4.69) is 15.3 Å². The first-order valence-electron chi connectivity index (χ1n) is 8.15. The van der Waals surface area contributed by atoms with Crippen LogP contribution in [0.1, 0.15) is 40.9 Å². The molecule has 1 amide bonds. The second kappa shape index (κ2) is 5.96. The summed E-state index contributed by atoms with van der Waals surface area (Å²) in [4.78, 5) is 19.8. The maximum Gasteiger partial charge on any atom is 0.264 e. The van der Waals surface area contributed by atoms with Crippen LogP contribution in [0.25, 0.3) is 0 Å². The van der Waals surface area contributed by atoms with Gasteiger partial charge in [-0.15, -0.1) is 11.3 Å². The van der Waals surface area contributed by atoms with Crippen LogP contribution in [0.4, 0.5) is 0 Å². The van der Waals surface area contributed by atoms with Crippen LogP contribution >= 0.6 is 11.3 Å². The van der Waals surface area contributed by atoms with E-state index in [4.69, 9.17) is 4.74 Å². The Kier molecular flexibility index (Phi) is 3.81. The lowest BCUT2D eigenvalue weighted by atomic mass is 9.99. The highest BCUT2D eigenvalue weighted by atomic mass is 32.1. The summed E-state index contributed by atoms with van der Waals surface area (Å²) in [5.74, 6) is 1.08. The van der Waals surface area contributed by atoms with Gasteiger partial charge >= 0.3 is 0 Å². The minimum Gasteiger partial charge on any atom is -0.490 e. The van der Waals surface area contributed by atoms with Crippen LogP contribution in [0.5, 0.6) is 5.75 Å². The number of thiophene rings is 1. The Bertz CT molecular complexity index is 686. The number of aryl methyl sites for hydroxylation is 1. The molecule has 23 heavy (non-hydrogen) atoms. The summed E-state index contributed by atoms with van der Waals surface area (Å²) in [6, 6.07) is 6.43. The molecule has 2 aliphatic rings. The number of piperidine rings is 1. The first-order valence-corrected chi connectivity index (χ1v) is 9.03. The van der Waals surface area contributed by atoms with Crippen molar-refractivity contribution in [3.05, 3.63) is 46.4 Å². The van der Waals surface area contributed by atoms with Gasteiger partial charge in [0.05, 0.1) is 4.88 Å². The molecule has 0 N–H and O–H groups in total. The van der Waals surface area contributed by atoms with Crippen LogP contribution in [0.3, 0.4) is 0 Å². The van der Waals surface area contributed by atoms with Gasteiger partial charge in [0.25, 0.3) is 5.91 Å². The number of carbonyl (C=O) groups excluding carboxylic acids is 1. The minimum absolute atomic E-state index is 0.198. The van der Waals surface area contributed by atoms with Gasteiger partial charge in [-0.1, -0.05) is 0 Å². The predicted octanol–water partition coefficient (Wildman–Crippen LogP) is 3.67. The van der Waals surface area contributed by atoms with Gasteiger partial charge in [-0.05, 0) is 48.9 Å². The van der Waals surface area contributed by atoms with E-state index in [0.717, 1.165) is 36.3 Å². The average Bonchev–Trinajstić information content (AvgIpc) is 3.10. The van der Waals surface area contributed by atoms with Crippen molar-refractivity contribution in [1.29, 1.82) is 0 Å². The van der Waals surface area contributed by atoms with E-state index in [1.165, 1.54) is 5.56 Å². The van der Waals surface area contributed by atoms with E-state index < -0.39 is 0 Å². The second-order valence-corrected chi connectivity index (χ2v) is 7.39. The highest BCUT2D eigenvalue weighted by Crippen LogP contribution is 2.38. The van der Waals surface area contributed by atoms with Crippen molar-refractivity contribution >= 4 is 17.2 Å². The van der Waals surface area contributed by atoms with Gasteiger partial charge in [0, 0.05) is 37.3 Å². The van der Waals surface area contributed by atoms with Crippen LogP contribution in [0.2, 0.25) is 0 Å². The van der Waals surface area contributed by atoms with Crippen molar-refractivity contribution in [1.82, 2.24) is 9.88 Å². The molecule has 0 radical (unpaired) electrons. The second-order valence-electron chi connectivity index (χ2n) is 6.48. The third kappa shape index (κ3) is 2.85. The van der Waals surface area contributed by atoms with Gasteiger partial charge in [0.1, 0.15) is 11.9 Å². The molecule has 2 bridgehead atoms. The molecule has 0 saturated carbocycles. The fourth-order valence-corrected chi connectivity index (χ4v) is 4.68. The van der Waals surface area contributed by atoms with Crippen molar-refractivity contribution < 1.29 is 9.53 Å². The Balaban J connectivity index is 1.47. The number of hydrogen-bond acceptors (Lipinski definition) is 4. The van der Waals surface area contributed by atoms with E-state index >= 15 is 0 Å². The van der Waals surface area contributed by atoms with Crippen LogP contribution in [-0.4, -0.2) is 34.0 Å². The molecule has 4 heterocycles. The predicted molar refractivity (Wildman–Crippen MR) is 89.9 cm³/mol. The van der Waals surface area contributed by atoms with Crippen LogP contribution in [0.15, 0.2) is 36.0 Å². The Morgan fingerprint density at radius 1 is 1.26 bits per heavy atom. The Hall–Kier alpha value is -1.88. The van der Waals surface area contributed by atoms with Crippen LogP contribution in [-0.2, 0) is 0 Å². The van der Waals surface area contributed by atoms with E-state index in [-0.39, 0.29) is 12.0 Å². The zero-order valence-electron chi connectivity index (χ0n) is 13.1. The quantitative estimate of drug-likeness (QED) is 0.863. The topological polar surface area (TPSA) is 42.4 Å². The molecule has 5 heteroatoms. The average molecular weight is 328 g/mol. The third-order valence-corrected chi connectivity index (χ3v) is 5.85. The Labute approximate surface area is 140 Å². The van der Waals surface area contributed by atoms with Crippen molar-refractivity contribution in [2.45, 2.75) is 50.8 Å². The molecular formula is C18H20N2O2S. The largest absolute Gasteiger partial charge is 0.490 e. The van der Waals surface area contributed by atoms with E-state index in [9.17, 15) is 4.79 Å². The number of amides is 1. The molecule has 2 atom stereocenters. The summed E-state index contributed by atoms with van der Waals surface area (Å²) in [6.07, 6.45) is 7.74. The van der Waals surface area contributed by atoms with E-state index in [1.54, 1.807) is 23.7 Å². The number of carbonyl (C=O) groups is 1.